The van der Waals surface area contributed by atoms with Crippen molar-refractivity contribution in [2.24, 2.45) is 0 Å². The summed E-state index contributed by atoms with van der Waals surface area (Å²) < 4.78 is 35.4. The first-order chi connectivity index (χ1) is 8.22. The molecule has 18 heavy (non-hydrogen) atoms. The van der Waals surface area contributed by atoms with E-state index in [1.165, 1.54) is 11.9 Å². The number of hydrogen-bond acceptors (Lipinski definition) is 2. The Kier molecular flexibility index (Phi) is 7.14. The molecule has 0 saturated heterocycles. The smallest absolute Gasteiger partial charge is 0.389 e. The fourth-order valence-electron chi connectivity index (χ4n) is 1.15. The van der Waals surface area contributed by atoms with Gasteiger partial charge in [-0.3, -0.25) is 4.79 Å². The molecule has 8 heteroatoms. The Morgan fingerprint density at radius 3 is 2.39 bits per heavy atom. The predicted octanol–water partition coefficient (Wildman–Crippen LogP) is 1.84. The minimum Gasteiger partial charge on any atom is -0.481 e. The number of carboxylic acid groups (broad SMARTS) is 1. The molecule has 0 aliphatic rings. The van der Waals surface area contributed by atoms with Crippen LogP contribution in [0.5, 0.6) is 0 Å². The van der Waals surface area contributed by atoms with Crippen molar-refractivity contribution in [2.45, 2.75) is 31.9 Å². The molecule has 0 aliphatic heterocycles. The molecule has 2 amide bonds. The van der Waals surface area contributed by atoms with Crippen molar-refractivity contribution in [3.05, 3.63) is 0 Å². The maximum atomic E-state index is 11.8. The van der Waals surface area contributed by atoms with Crippen LogP contribution in [0, 0.1) is 0 Å². The van der Waals surface area contributed by atoms with Crippen LogP contribution >= 0.6 is 0 Å². The standard InChI is InChI=1S/C10H17F3N2O3/c1-15(7-4-8(16)17)9(18)14-6-3-2-5-10(11,12)13/h2-7H2,1H3,(H,14,18)(H,16,17). The highest BCUT2D eigenvalue weighted by Crippen LogP contribution is 2.21. The summed E-state index contributed by atoms with van der Waals surface area (Å²) in [6, 6.07) is -0.483. The minimum atomic E-state index is -4.16. The second-order valence-corrected chi connectivity index (χ2v) is 3.87. The number of carboxylic acids is 1. The second-order valence-electron chi connectivity index (χ2n) is 3.87. The molecule has 0 spiro atoms. The van der Waals surface area contributed by atoms with Crippen LogP contribution < -0.4 is 5.32 Å². The lowest BCUT2D eigenvalue weighted by Crippen LogP contribution is -2.38. The highest BCUT2D eigenvalue weighted by molar-refractivity contribution is 5.74. The predicted molar refractivity (Wildman–Crippen MR) is 58.2 cm³/mol. The Bertz CT molecular complexity index is 282. The fraction of sp³-hybridized carbons (Fsp3) is 0.800. The van der Waals surface area contributed by atoms with Gasteiger partial charge < -0.3 is 15.3 Å². The number of amides is 2. The molecule has 0 saturated carbocycles. The van der Waals surface area contributed by atoms with Crippen molar-refractivity contribution in [3.8, 4) is 0 Å². The quantitative estimate of drug-likeness (QED) is 0.693. The number of carbonyl (C=O) groups excluding carboxylic acids is 1. The van der Waals surface area contributed by atoms with Crippen LogP contribution in [0.25, 0.3) is 0 Å². The molecule has 0 aliphatic carbocycles. The lowest BCUT2D eigenvalue weighted by Gasteiger charge is -2.16. The summed E-state index contributed by atoms with van der Waals surface area (Å²) in [5.74, 6) is -1.01. The van der Waals surface area contributed by atoms with Gasteiger partial charge in [0, 0.05) is 26.6 Å². The molecule has 2 N–H and O–H groups in total. The maximum absolute atomic E-state index is 11.8. The number of halogens is 3. The van der Waals surface area contributed by atoms with E-state index in [4.69, 9.17) is 5.11 Å². The monoisotopic (exact) mass is 270 g/mol. The molecule has 0 fully saturated rings. The molecular formula is C10H17F3N2O3. The summed E-state index contributed by atoms with van der Waals surface area (Å²) in [5.41, 5.74) is 0. The molecule has 0 aromatic rings. The maximum Gasteiger partial charge on any atom is 0.389 e. The average molecular weight is 270 g/mol. The summed E-state index contributed by atoms with van der Waals surface area (Å²) in [6.07, 6.45) is -5.00. The van der Waals surface area contributed by atoms with Crippen LogP contribution in [0.3, 0.4) is 0 Å². The van der Waals surface area contributed by atoms with Gasteiger partial charge in [0.1, 0.15) is 0 Å². The highest BCUT2D eigenvalue weighted by atomic mass is 19.4. The zero-order valence-corrected chi connectivity index (χ0v) is 10.1. The number of carbonyl (C=O) groups is 2. The van der Waals surface area contributed by atoms with Gasteiger partial charge >= 0.3 is 18.2 Å². The van der Waals surface area contributed by atoms with Gasteiger partial charge in [-0.25, -0.2) is 4.79 Å². The van der Waals surface area contributed by atoms with E-state index in [9.17, 15) is 22.8 Å². The molecule has 0 rings (SSSR count). The molecule has 0 bridgehead atoms. The number of alkyl halides is 3. The summed E-state index contributed by atoms with van der Waals surface area (Å²) >= 11 is 0. The van der Waals surface area contributed by atoms with E-state index < -0.39 is 24.6 Å². The number of nitrogens with one attached hydrogen (secondary N) is 1. The first-order valence-electron chi connectivity index (χ1n) is 5.50. The normalized spacial score (nSPS) is 11.1. The van der Waals surface area contributed by atoms with Crippen molar-refractivity contribution in [1.82, 2.24) is 10.2 Å². The third kappa shape index (κ3) is 9.73. The Morgan fingerprint density at radius 2 is 1.89 bits per heavy atom. The van der Waals surface area contributed by atoms with Crippen LogP contribution in [0.1, 0.15) is 25.7 Å². The Balaban J connectivity index is 3.61. The van der Waals surface area contributed by atoms with Gasteiger partial charge in [0.15, 0.2) is 0 Å². The third-order valence-corrected chi connectivity index (χ3v) is 2.17. The van der Waals surface area contributed by atoms with Crippen molar-refractivity contribution >= 4 is 12.0 Å². The van der Waals surface area contributed by atoms with Crippen molar-refractivity contribution in [3.63, 3.8) is 0 Å². The third-order valence-electron chi connectivity index (χ3n) is 2.17. The lowest BCUT2D eigenvalue weighted by atomic mass is 10.2. The number of urea groups is 1. The molecule has 0 atom stereocenters. The molecule has 0 heterocycles. The molecule has 0 aromatic heterocycles. The van der Waals surface area contributed by atoms with Crippen LogP contribution in [0.4, 0.5) is 18.0 Å². The van der Waals surface area contributed by atoms with E-state index in [1.807, 2.05) is 0 Å². The van der Waals surface area contributed by atoms with Crippen LogP contribution in [0.15, 0.2) is 0 Å². The minimum absolute atomic E-state index is 0.0391. The topological polar surface area (TPSA) is 69.6 Å². The van der Waals surface area contributed by atoms with Crippen molar-refractivity contribution < 1.29 is 27.9 Å². The van der Waals surface area contributed by atoms with Gasteiger partial charge in [-0.05, 0) is 12.8 Å². The average Bonchev–Trinajstić information content (AvgIpc) is 2.23. The lowest BCUT2D eigenvalue weighted by molar-refractivity contribution is -0.137. The molecule has 0 unspecified atom stereocenters. The van der Waals surface area contributed by atoms with E-state index in [0.717, 1.165) is 0 Å². The molecule has 106 valence electrons. The zero-order valence-electron chi connectivity index (χ0n) is 10.1. The number of hydrogen-bond donors (Lipinski definition) is 2. The Morgan fingerprint density at radius 1 is 1.28 bits per heavy atom. The first kappa shape index (κ1) is 16.5. The molecule has 5 nitrogen and oxygen atoms in total. The zero-order chi connectivity index (χ0) is 14.2. The molecule has 0 aromatic carbocycles. The summed E-state index contributed by atoms with van der Waals surface area (Å²) in [4.78, 5) is 22.7. The highest BCUT2D eigenvalue weighted by Gasteiger charge is 2.25. The van der Waals surface area contributed by atoms with Gasteiger partial charge in [-0.15, -0.1) is 0 Å². The van der Waals surface area contributed by atoms with E-state index in [-0.39, 0.29) is 32.4 Å². The number of aliphatic carboxylic acids is 1. The summed E-state index contributed by atoms with van der Waals surface area (Å²) in [7, 11) is 1.42. The van der Waals surface area contributed by atoms with Crippen LogP contribution in [-0.4, -0.2) is 48.3 Å². The van der Waals surface area contributed by atoms with Gasteiger partial charge in [-0.1, -0.05) is 0 Å². The first-order valence-corrected chi connectivity index (χ1v) is 5.50. The number of unbranched alkanes of at least 4 members (excludes halogenated alkanes) is 1. The molecular weight excluding hydrogens is 253 g/mol. The Labute approximate surface area is 103 Å². The van der Waals surface area contributed by atoms with Gasteiger partial charge in [0.05, 0.1) is 6.42 Å². The van der Waals surface area contributed by atoms with Crippen LogP contribution in [0.2, 0.25) is 0 Å². The van der Waals surface area contributed by atoms with Gasteiger partial charge in [0.25, 0.3) is 0 Å². The van der Waals surface area contributed by atoms with E-state index in [0.29, 0.717) is 0 Å². The largest absolute Gasteiger partial charge is 0.481 e. The van der Waals surface area contributed by atoms with Gasteiger partial charge in [-0.2, -0.15) is 13.2 Å². The number of rotatable bonds is 7. The fourth-order valence-corrected chi connectivity index (χ4v) is 1.15. The summed E-state index contributed by atoms with van der Waals surface area (Å²) in [6.45, 7) is 0.204. The van der Waals surface area contributed by atoms with E-state index in [1.54, 1.807) is 0 Å². The van der Waals surface area contributed by atoms with Crippen molar-refractivity contribution in [2.75, 3.05) is 20.1 Å². The van der Waals surface area contributed by atoms with Crippen LogP contribution in [-0.2, 0) is 4.79 Å². The SMILES string of the molecule is CN(CCC(=O)O)C(=O)NCCCCC(F)(F)F. The summed E-state index contributed by atoms with van der Waals surface area (Å²) in [5, 5.41) is 10.8. The number of nitrogens with zero attached hydrogens (tertiary/aromatic N) is 1. The van der Waals surface area contributed by atoms with E-state index in [2.05, 4.69) is 5.32 Å². The van der Waals surface area contributed by atoms with E-state index >= 15 is 0 Å². The second kappa shape index (κ2) is 7.78. The molecule has 0 radical (unpaired) electrons. The van der Waals surface area contributed by atoms with Gasteiger partial charge in [0.2, 0.25) is 0 Å². The Hall–Kier alpha value is -1.47. The van der Waals surface area contributed by atoms with Crippen molar-refractivity contribution in [1.29, 1.82) is 0 Å².